The molecule has 0 aromatic rings. The molecule has 4 atom stereocenters. The number of aliphatic hydroxyl groups is 5. The minimum Gasteiger partial charge on any atom is -0.396 e. The fourth-order valence-electron chi connectivity index (χ4n) is 1.18. The lowest BCUT2D eigenvalue weighted by Crippen LogP contribution is -2.45. The van der Waals surface area contributed by atoms with Crippen molar-refractivity contribution >= 4 is 0 Å². The van der Waals surface area contributed by atoms with Crippen LogP contribution in [0.15, 0.2) is 5.11 Å². The number of ether oxygens (including phenoxy) is 1. The van der Waals surface area contributed by atoms with Crippen LogP contribution in [0.25, 0.3) is 10.4 Å². The summed E-state index contributed by atoms with van der Waals surface area (Å²) in [5.74, 6) is 0. The lowest BCUT2D eigenvalue weighted by molar-refractivity contribution is -0.202. The zero-order valence-corrected chi connectivity index (χ0v) is 9.83. The molecule has 0 bridgehead atoms. The molecule has 0 aromatic heterocycles. The van der Waals surface area contributed by atoms with Gasteiger partial charge < -0.3 is 30.3 Å². The number of hydrogen-bond acceptors (Lipinski definition) is 7. The van der Waals surface area contributed by atoms with Crippen LogP contribution in [0.4, 0.5) is 0 Å². The topological polar surface area (TPSA) is 159 Å². The van der Waals surface area contributed by atoms with E-state index in [0.717, 1.165) is 0 Å². The van der Waals surface area contributed by atoms with E-state index in [0.29, 0.717) is 6.42 Å². The highest BCUT2D eigenvalue weighted by Crippen LogP contribution is 2.09. The molecule has 106 valence electrons. The van der Waals surface area contributed by atoms with E-state index in [9.17, 15) is 20.4 Å². The zero-order chi connectivity index (χ0) is 14.0. The van der Waals surface area contributed by atoms with Crippen molar-refractivity contribution < 1.29 is 30.3 Å². The van der Waals surface area contributed by atoms with Gasteiger partial charge in [-0.3, -0.25) is 0 Å². The van der Waals surface area contributed by atoms with Gasteiger partial charge in [-0.1, -0.05) is 5.11 Å². The van der Waals surface area contributed by atoms with Crippen molar-refractivity contribution in [2.24, 2.45) is 5.11 Å². The molecular weight excluding hydrogens is 246 g/mol. The monoisotopic (exact) mass is 265 g/mol. The molecule has 0 radical (unpaired) electrons. The maximum atomic E-state index is 9.44. The Balaban J connectivity index is 3.93. The summed E-state index contributed by atoms with van der Waals surface area (Å²) < 4.78 is 4.79. The van der Waals surface area contributed by atoms with E-state index in [-0.39, 0.29) is 26.2 Å². The number of aliphatic hydroxyl groups excluding tert-OH is 5. The average molecular weight is 265 g/mol. The third-order valence-corrected chi connectivity index (χ3v) is 2.22. The van der Waals surface area contributed by atoms with Gasteiger partial charge in [0.25, 0.3) is 0 Å². The first kappa shape index (κ1) is 17.1. The minimum absolute atomic E-state index is 0.0278. The Morgan fingerprint density at radius 1 is 1.17 bits per heavy atom. The quantitative estimate of drug-likeness (QED) is 0.106. The summed E-state index contributed by atoms with van der Waals surface area (Å²) in [7, 11) is 0. The molecule has 0 aliphatic rings. The maximum absolute atomic E-state index is 9.44. The molecule has 0 saturated carbocycles. The first-order chi connectivity index (χ1) is 8.54. The van der Waals surface area contributed by atoms with E-state index >= 15 is 0 Å². The van der Waals surface area contributed by atoms with Crippen molar-refractivity contribution in [2.45, 2.75) is 37.4 Å². The van der Waals surface area contributed by atoms with Crippen LogP contribution in [0.3, 0.4) is 0 Å². The van der Waals surface area contributed by atoms with Crippen molar-refractivity contribution in [1.82, 2.24) is 0 Å². The van der Waals surface area contributed by atoms with Crippen LogP contribution in [0, 0.1) is 0 Å². The molecule has 0 aromatic carbocycles. The third kappa shape index (κ3) is 6.72. The Kier molecular flexibility index (Phi) is 9.52. The van der Waals surface area contributed by atoms with E-state index in [1.54, 1.807) is 0 Å². The summed E-state index contributed by atoms with van der Waals surface area (Å²) in [5, 5.41) is 49.3. The van der Waals surface area contributed by atoms with Gasteiger partial charge in [-0.2, -0.15) is 0 Å². The highest BCUT2D eigenvalue weighted by molar-refractivity contribution is 4.77. The Morgan fingerprint density at radius 2 is 1.83 bits per heavy atom. The normalized spacial score (nSPS) is 17.6. The first-order valence-electron chi connectivity index (χ1n) is 5.50. The molecule has 0 saturated heterocycles. The number of hydrogen-bond donors (Lipinski definition) is 5. The smallest absolute Gasteiger partial charge is 0.183 e. The van der Waals surface area contributed by atoms with E-state index < -0.39 is 24.6 Å². The second kappa shape index (κ2) is 10.0. The van der Waals surface area contributed by atoms with Crippen molar-refractivity contribution in [3.8, 4) is 0 Å². The number of nitrogens with zero attached hydrogens (tertiary/aromatic N) is 3. The Bertz CT molecular complexity index is 261. The molecule has 1 unspecified atom stereocenters. The molecule has 0 heterocycles. The van der Waals surface area contributed by atoms with Crippen LogP contribution >= 0.6 is 0 Å². The van der Waals surface area contributed by atoms with E-state index in [1.807, 2.05) is 0 Å². The molecule has 0 spiro atoms. The van der Waals surface area contributed by atoms with E-state index in [1.165, 1.54) is 0 Å². The maximum Gasteiger partial charge on any atom is 0.183 e. The van der Waals surface area contributed by atoms with Gasteiger partial charge in [0.05, 0.1) is 6.10 Å². The van der Waals surface area contributed by atoms with Gasteiger partial charge in [0.1, 0.15) is 12.2 Å². The SMILES string of the molecule is [N-]=[N+]=NCCCO[C@@H](O)C(O)[C@@H](O)[C@H](O)CCO. The molecule has 0 aliphatic heterocycles. The van der Waals surface area contributed by atoms with Gasteiger partial charge in [-0.15, -0.1) is 0 Å². The minimum atomic E-state index is -1.69. The molecule has 18 heavy (non-hydrogen) atoms. The fourth-order valence-corrected chi connectivity index (χ4v) is 1.18. The van der Waals surface area contributed by atoms with Gasteiger partial charge in [0, 0.05) is 24.7 Å². The molecule has 9 heteroatoms. The van der Waals surface area contributed by atoms with Crippen LogP contribution in [-0.4, -0.2) is 69.9 Å². The van der Waals surface area contributed by atoms with Crippen molar-refractivity contribution in [1.29, 1.82) is 0 Å². The zero-order valence-electron chi connectivity index (χ0n) is 9.83. The predicted molar refractivity (Wildman–Crippen MR) is 60.3 cm³/mol. The summed E-state index contributed by atoms with van der Waals surface area (Å²) in [5.41, 5.74) is 7.99. The largest absolute Gasteiger partial charge is 0.396 e. The van der Waals surface area contributed by atoms with Crippen LogP contribution in [-0.2, 0) is 4.74 Å². The molecular formula is C9H19N3O6. The number of azide groups is 1. The second-order valence-corrected chi connectivity index (χ2v) is 3.63. The molecule has 0 rings (SSSR count). The van der Waals surface area contributed by atoms with Crippen molar-refractivity contribution in [3.63, 3.8) is 0 Å². The van der Waals surface area contributed by atoms with Crippen molar-refractivity contribution in [3.05, 3.63) is 10.4 Å². The van der Waals surface area contributed by atoms with Gasteiger partial charge in [0.2, 0.25) is 0 Å². The molecule has 5 N–H and O–H groups in total. The van der Waals surface area contributed by atoms with Gasteiger partial charge in [-0.25, -0.2) is 0 Å². The lowest BCUT2D eigenvalue weighted by Gasteiger charge is -2.26. The predicted octanol–water partition coefficient (Wildman–Crippen LogP) is -1.51. The van der Waals surface area contributed by atoms with Crippen LogP contribution < -0.4 is 0 Å². The van der Waals surface area contributed by atoms with E-state index in [2.05, 4.69) is 10.0 Å². The van der Waals surface area contributed by atoms with Crippen molar-refractivity contribution in [2.75, 3.05) is 19.8 Å². The highest BCUT2D eigenvalue weighted by Gasteiger charge is 2.30. The molecule has 0 aliphatic carbocycles. The van der Waals surface area contributed by atoms with Crippen LogP contribution in [0.1, 0.15) is 12.8 Å². The highest BCUT2D eigenvalue weighted by atomic mass is 16.6. The Labute approximate surface area is 104 Å². The summed E-state index contributed by atoms with van der Waals surface area (Å²) >= 11 is 0. The number of rotatable bonds is 10. The summed E-state index contributed by atoms with van der Waals surface area (Å²) in [6, 6.07) is 0. The first-order valence-corrected chi connectivity index (χ1v) is 5.50. The molecule has 0 amide bonds. The van der Waals surface area contributed by atoms with Crippen LogP contribution in [0.2, 0.25) is 0 Å². The Morgan fingerprint density at radius 3 is 2.39 bits per heavy atom. The molecule has 0 fully saturated rings. The summed E-state index contributed by atoms with van der Waals surface area (Å²) in [6.45, 7) is -0.136. The summed E-state index contributed by atoms with van der Waals surface area (Å²) in [6.07, 6.45) is -6.11. The average Bonchev–Trinajstić information content (AvgIpc) is 2.36. The Hall–Kier alpha value is -0.930. The fraction of sp³-hybridized carbons (Fsp3) is 1.00. The van der Waals surface area contributed by atoms with Crippen LogP contribution in [0.5, 0.6) is 0 Å². The third-order valence-electron chi connectivity index (χ3n) is 2.22. The summed E-state index contributed by atoms with van der Waals surface area (Å²) in [4.78, 5) is 2.52. The lowest BCUT2D eigenvalue weighted by atomic mass is 10.1. The van der Waals surface area contributed by atoms with Gasteiger partial charge in [0.15, 0.2) is 6.29 Å². The van der Waals surface area contributed by atoms with Gasteiger partial charge in [-0.05, 0) is 18.4 Å². The van der Waals surface area contributed by atoms with Gasteiger partial charge >= 0.3 is 0 Å². The van der Waals surface area contributed by atoms with E-state index in [4.69, 9.17) is 15.4 Å². The standard InChI is InChI=1S/C9H19N3O6/c10-12-11-3-1-5-18-9(17)8(16)7(15)6(14)2-4-13/h6-9,13-17H,1-5H2/t6-,7+,8?,9-/m1/s1. The molecule has 9 nitrogen and oxygen atoms in total. The second-order valence-electron chi connectivity index (χ2n) is 3.63.